The van der Waals surface area contributed by atoms with Gasteiger partial charge in [-0.15, -0.1) is 0 Å². The van der Waals surface area contributed by atoms with Crippen molar-refractivity contribution in [1.82, 2.24) is 15.6 Å². The fourth-order valence-electron chi connectivity index (χ4n) is 2.93. The summed E-state index contributed by atoms with van der Waals surface area (Å²) in [7, 11) is 0. The van der Waals surface area contributed by atoms with Gasteiger partial charge in [0.15, 0.2) is 5.96 Å². The third kappa shape index (κ3) is 4.97. The lowest BCUT2D eigenvalue weighted by Crippen LogP contribution is -2.37. The molecule has 3 aromatic rings. The zero-order chi connectivity index (χ0) is 18.9. The Hall–Kier alpha value is -3.08. The Morgan fingerprint density at radius 3 is 2.67 bits per heavy atom. The summed E-state index contributed by atoms with van der Waals surface area (Å²) in [5.74, 6) is 1.65. The zero-order valence-electron chi connectivity index (χ0n) is 15.9. The molecule has 2 aromatic carbocycles. The highest BCUT2D eigenvalue weighted by atomic mass is 16.5. The van der Waals surface area contributed by atoms with E-state index < -0.39 is 0 Å². The first-order valence-corrected chi connectivity index (χ1v) is 9.37. The molecule has 0 saturated heterocycles. The molecule has 5 nitrogen and oxygen atoms in total. The van der Waals surface area contributed by atoms with Crippen molar-refractivity contribution in [2.24, 2.45) is 4.99 Å². The number of nitrogens with one attached hydrogen (secondary N) is 2. The van der Waals surface area contributed by atoms with Gasteiger partial charge in [-0.3, -0.25) is 4.98 Å². The first kappa shape index (κ1) is 18.7. The molecule has 0 atom stereocenters. The van der Waals surface area contributed by atoms with E-state index in [4.69, 9.17) is 9.73 Å². The fourth-order valence-corrected chi connectivity index (χ4v) is 2.93. The second kappa shape index (κ2) is 9.57. The summed E-state index contributed by atoms with van der Waals surface area (Å²) in [5.41, 5.74) is 2.08. The molecule has 140 valence electrons. The summed E-state index contributed by atoms with van der Waals surface area (Å²) in [5, 5.41) is 9.03. The van der Waals surface area contributed by atoms with E-state index in [2.05, 4.69) is 34.7 Å². The average Bonchev–Trinajstić information content (AvgIpc) is 2.71. The zero-order valence-corrected chi connectivity index (χ0v) is 15.9. The molecule has 2 N–H and O–H groups in total. The van der Waals surface area contributed by atoms with Crippen molar-refractivity contribution in [3.05, 3.63) is 72.1 Å². The van der Waals surface area contributed by atoms with E-state index in [9.17, 15) is 0 Å². The van der Waals surface area contributed by atoms with Gasteiger partial charge in [-0.1, -0.05) is 42.5 Å². The van der Waals surface area contributed by atoms with Gasteiger partial charge in [-0.25, -0.2) is 4.99 Å². The number of fused-ring (bicyclic) bond motifs is 1. The van der Waals surface area contributed by atoms with E-state index in [0.717, 1.165) is 34.9 Å². The minimum absolute atomic E-state index is 0.550. The quantitative estimate of drug-likeness (QED) is 0.494. The number of guanidine groups is 1. The Morgan fingerprint density at radius 2 is 1.81 bits per heavy atom. The van der Waals surface area contributed by atoms with Gasteiger partial charge < -0.3 is 15.4 Å². The highest BCUT2D eigenvalue weighted by Gasteiger charge is 2.05. The molecule has 3 rings (SSSR count). The molecular formula is C22H26N4O. The van der Waals surface area contributed by atoms with Crippen LogP contribution in [0.3, 0.4) is 0 Å². The molecule has 0 bridgehead atoms. The highest BCUT2D eigenvalue weighted by Crippen LogP contribution is 2.19. The minimum atomic E-state index is 0.550. The first-order chi connectivity index (χ1) is 13.3. The van der Waals surface area contributed by atoms with Crippen molar-refractivity contribution < 1.29 is 4.74 Å². The van der Waals surface area contributed by atoms with Crippen LogP contribution in [0.4, 0.5) is 0 Å². The number of benzene rings is 2. The number of pyridine rings is 1. The smallest absolute Gasteiger partial charge is 0.191 e. The molecule has 0 unspecified atom stereocenters. The summed E-state index contributed by atoms with van der Waals surface area (Å²) in [6.45, 7) is 6.65. The molecule has 1 heterocycles. The van der Waals surface area contributed by atoms with Gasteiger partial charge in [0, 0.05) is 23.7 Å². The monoisotopic (exact) mass is 362 g/mol. The van der Waals surface area contributed by atoms with Gasteiger partial charge in [0.2, 0.25) is 0 Å². The lowest BCUT2D eigenvalue weighted by molar-refractivity contribution is 0.336. The van der Waals surface area contributed by atoms with Gasteiger partial charge in [-0.05, 0) is 31.4 Å². The normalized spacial score (nSPS) is 11.4. The Bertz CT molecular complexity index is 902. The summed E-state index contributed by atoms with van der Waals surface area (Å²) >= 11 is 0. The standard InChI is InChI=1S/C22H26N4O/c1-3-23-22(25-15-18-10-6-8-12-21(18)27-4-2)26-16-20-19-11-7-5-9-17(19)13-14-24-20/h5-14H,3-4,15-16H2,1-2H3,(H2,23,25,26). The number of aliphatic imine (C=N–C) groups is 1. The molecule has 0 aliphatic rings. The molecule has 0 fully saturated rings. The first-order valence-electron chi connectivity index (χ1n) is 9.37. The molecule has 1 aromatic heterocycles. The maximum Gasteiger partial charge on any atom is 0.191 e. The molecule has 0 saturated carbocycles. The van der Waals surface area contributed by atoms with Crippen LogP contribution < -0.4 is 15.4 Å². The van der Waals surface area contributed by atoms with Crippen molar-refractivity contribution in [2.75, 3.05) is 13.2 Å². The van der Waals surface area contributed by atoms with Gasteiger partial charge in [-0.2, -0.15) is 0 Å². The number of aromatic nitrogens is 1. The number of ether oxygens (including phenoxy) is 1. The van der Waals surface area contributed by atoms with Crippen LogP contribution in [0.5, 0.6) is 5.75 Å². The maximum absolute atomic E-state index is 5.69. The van der Waals surface area contributed by atoms with Gasteiger partial charge >= 0.3 is 0 Å². The number of hydrogen-bond donors (Lipinski definition) is 2. The molecule has 0 amide bonds. The molecule has 27 heavy (non-hydrogen) atoms. The van der Waals surface area contributed by atoms with Crippen LogP contribution in [0.25, 0.3) is 10.8 Å². The molecule has 0 aliphatic carbocycles. The van der Waals surface area contributed by atoms with E-state index in [-0.39, 0.29) is 0 Å². The Morgan fingerprint density at radius 1 is 1.00 bits per heavy atom. The van der Waals surface area contributed by atoms with Crippen LogP contribution in [0.2, 0.25) is 0 Å². The molecule has 0 spiro atoms. The third-order valence-corrected chi connectivity index (χ3v) is 4.20. The predicted octanol–water partition coefficient (Wildman–Crippen LogP) is 3.89. The topological polar surface area (TPSA) is 58.5 Å². The number of para-hydroxylation sites is 1. The van der Waals surface area contributed by atoms with Crippen LogP contribution in [0.1, 0.15) is 25.1 Å². The number of hydrogen-bond acceptors (Lipinski definition) is 3. The van der Waals surface area contributed by atoms with E-state index in [1.54, 1.807) is 0 Å². The Labute approximate surface area is 160 Å². The van der Waals surface area contributed by atoms with Gasteiger partial charge in [0.1, 0.15) is 5.75 Å². The second-order valence-corrected chi connectivity index (χ2v) is 6.07. The lowest BCUT2D eigenvalue weighted by Gasteiger charge is -2.13. The van der Waals surface area contributed by atoms with Crippen LogP contribution >= 0.6 is 0 Å². The molecule has 5 heteroatoms. The van der Waals surface area contributed by atoms with Crippen LogP contribution in [0, 0.1) is 0 Å². The molecule has 0 aliphatic heterocycles. The largest absolute Gasteiger partial charge is 0.494 e. The van der Waals surface area contributed by atoms with Crippen molar-refractivity contribution in [2.45, 2.75) is 26.9 Å². The summed E-state index contributed by atoms with van der Waals surface area (Å²) in [6.07, 6.45) is 1.85. The molecule has 0 radical (unpaired) electrons. The Balaban J connectivity index is 1.73. The number of rotatable bonds is 7. The fraction of sp³-hybridized carbons (Fsp3) is 0.273. The van der Waals surface area contributed by atoms with E-state index in [1.807, 2.05) is 55.6 Å². The van der Waals surface area contributed by atoms with Crippen molar-refractivity contribution in [3.63, 3.8) is 0 Å². The minimum Gasteiger partial charge on any atom is -0.494 e. The lowest BCUT2D eigenvalue weighted by atomic mass is 10.1. The van der Waals surface area contributed by atoms with Crippen molar-refractivity contribution in [1.29, 1.82) is 0 Å². The van der Waals surface area contributed by atoms with Gasteiger partial charge in [0.25, 0.3) is 0 Å². The van der Waals surface area contributed by atoms with E-state index in [1.165, 1.54) is 5.39 Å². The maximum atomic E-state index is 5.69. The van der Waals surface area contributed by atoms with Crippen LogP contribution in [-0.2, 0) is 13.1 Å². The summed E-state index contributed by atoms with van der Waals surface area (Å²) in [6, 6.07) is 18.3. The predicted molar refractivity (Wildman–Crippen MR) is 111 cm³/mol. The number of nitrogens with zero attached hydrogens (tertiary/aromatic N) is 2. The van der Waals surface area contributed by atoms with Gasteiger partial charge in [0.05, 0.1) is 25.4 Å². The SMILES string of the molecule is CCNC(=NCc1ccccc1OCC)NCc1nccc2ccccc12. The summed E-state index contributed by atoms with van der Waals surface area (Å²) in [4.78, 5) is 9.24. The third-order valence-electron chi connectivity index (χ3n) is 4.20. The summed E-state index contributed by atoms with van der Waals surface area (Å²) < 4.78 is 5.69. The Kier molecular flexibility index (Phi) is 6.63. The van der Waals surface area contributed by atoms with Crippen molar-refractivity contribution in [3.8, 4) is 5.75 Å². The van der Waals surface area contributed by atoms with E-state index >= 15 is 0 Å². The van der Waals surface area contributed by atoms with E-state index in [0.29, 0.717) is 19.7 Å². The van der Waals surface area contributed by atoms with Crippen LogP contribution in [0.15, 0.2) is 65.8 Å². The second-order valence-electron chi connectivity index (χ2n) is 6.07. The highest BCUT2D eigenvalue weighted by molar-refractivity contribution is 5.85. The molecular weight excluding hydrogens is 336 g/mol. The average molecular weight is 362 g/mol. The van der Waals surface area contributed by atoms with Crippen LogP contribution in [-0.4, -0.2) is 24.1 Å². The van der Waals surface area contributed by atoms with Crippen molar-refractivity contribution >= 4 is 16.7 Å².